The van der Waals surface area contributed by atoms with Gasteiger partial charge in [0.15, 0.2) is 11.5 Å². The van der Waals surface area contributed by atoms with Crippen LogP contribution >= 0.6 is 0 Å². The minimum absolute atomic E-state index is 0.149. The monoisotopic (exact) mass is 328 g/mol. The summed E-state index contributed by atoms with van der Waals surface area (Å²) in [4.78, 5) is 0. The summed E-state index contributed by atoms with van der Waals surface area (Å²) in [7, 11) is 0. The molecule has 3 heteroatoms. The van der Waals surface area contributed by atoms with Crippen molar-refractivity contribution in [3.05, 3.63) is 29.8 Å². The second-order valence-electron chi connectivity index (χ2n) is 7.07. The predicted molar refractivity (Wildman–Crippen MR) is 98.5 cm³/mol. The Morgan fingerprint density at radius 2 is 1.58 bits per heavy atom. The van der Waals surface area contributed by atoms with E-state index < -0.39 is 0 Å². The van der Waals surface area contributed by atoms with Gasteiger partial charge in [-0.1, -0.05) is 38.1 Å². The van der Waals surface area contributed by atoms with Gasteiger partial charge in [0.25, 0.3) is 0 Å². The Morgan fingerprint density at radius 3 is 2.25 bits per heavy atom. The van der Waals surface area contributed by atoms with Crippen molar-refractivity contribution in [2.75, 3.05) is 13.2 Å². The number of ether oxygens (including phenoxy) is 3. The van der Waals surface area contributed by atoms with Gasteiger partial charge in [-0.05, 0) is 39.5 Å². The molecule has 0 radical (unpaired) electrons. The molecule has 0 atom stereocenters. The molecule has 3 nitrogen and oxygen atoms in total. The molecule has 0 fully saturated rings. The third-order valence-electron chi connectivity index (χ3n) is 4.43. The van der Waals surface area contributed by atoms with Gasteiger partial charge in [0, 0.05) is 16.3 Å². The summed E-state index contributed by atoms with van der Waals surface area (Å²) in [6.07, 6.45) is 3.88. The molecule has 0 bridgehead atoms. The van der Waals surface area contributed by atoms with E-state index in [1.165, 1.54) is 0 Å². The summed E-state index contributed by atoms with van der Waals surface area (Å²) >= 11 is 0. The van der Waals surface area contributed by atoms with E-state index in [2.05, 4.69) is 45.9 Å². The fraction of sp³-hybridized carbons (Fsp3) is 0.524. The lowest BCUT2D eigenvalue weighted by Crippen LogP contribution is -2.33. The van der Waals surface area contributed by atoms with E-state index in [9.17, 15) is 0 Å². The summed E-state index contributed by atoms with van der Waals surface area (Å²) < 4.78 is 18.7. The van der Waals surface area contributed by atoms with Crippen molar-refractivity contribution in [1.29, 1.82) is 0 Å². The van der Waals surface area contributed by atoms with Crippen LogP contribution in [0.25, 0.3) is 10.8 Å². The van der Waals surface area contributed by atoms with Crippen LogP contribution in [0.1, 0.15) is 52.5 Å². The van der Waals surface area contributed by atoms with Gasteiger partial charge < -0.3 is 14.2 Å². The highest BCUT2D eigenvalue weighted by molar-refractivity contribution is 5.97. The largest absolute Gasteiger partial charge is 0.489 e. The van der Waals surface area contributed by atoms with Crippen molar-refractivity contribution < 1.29 is 14.2 Å². The Hall–Kier alpha value is -1.90. The second-order valence-corrected chi connectivity index (χ2v) is 7.07. The fourth-order valence-corrected chi connectivity index (χ4v) is 3.21. The maximum atomic E-state index is 6.38. The summed E-state index contributed by atoms with van der Waals surface area (Å²) in [5.74, 6) is 2.73. The Bertz CT molecular complexity index is 719. The predicted octanol–water partition coefficient (Wildman–Crippen LogP) is 5.52. The average molecular weight is 328 g/mol. The maximum absolute atomic E-state index is 6.38. The molecular formula is C21H28O3. The Balaban J connectivity index is 2.23. The van der Waals surface area contributed by atoms with E-state index in [-0.39, 0.29) is 5.60 Å². The smallest absolute Gasteiger partial charge is 0.169 e. The van der Waals surface area contributed by atoms with Gasteiger partial charge in [-0.3, -0.25) is 0 Å². The first-order chi connectivity index (χ1) is 11.6. The molecule has 0 amide bonds. The van der Waals surface area contributed by atoms with Crippen LogP contribution in [0.15, 0.2) is 24.3 Å². The van der Waals surface area contributed by atoms with E-state index in [1.54, 1.807) is 0 Å². The van der Waals surface area contributed by atoms with Crippen LogP contribution in [0.4, 0.5) is 0 Å². The van der Waals surface area contributed by atoms with Crippen LogP contribution < -0.4 is 14.2 Å². The molecule has 0 saturated heterocycles. The minimum Gasteiger partial charge on any atom is -0.489 e. The summed E-state index contributed by atoms with van der Waals surface area (Å²) in [6, 6.07) is 8.33. The maximum Gasteiger partial charge on any atom is 0.169 e. The Morgan fingerprint density at radius 1 is 0.958 bits per heavy atom. The number of hydrogen-bond acceptors (Lipinski definition) is 3. The Labute approximate surface area is 144 Å². The second kappa shape index (κ2) is 6.92. The molecular weight excluding hydrogens is 300 g/mol. The van der Waals surface area contributed by atoms with Crippen molar-refractivity contribution in [3.63, 3.8) is 0 Å². The average Bonchev–Trinajstić information content (AvgIpc) is 2.58. The van der Waals surface area contributed by atoms with Gasteiger partial charge >= 0.3 is 0 Å². The van der Waals surface area contributed by atoms with Crippen molar-refractivity contribution in [3.8, 4) is 17.2 Å². The zero-order valence-corrected chi connectivity index (χ0v) is 15.3. The minimum atomic E-state index is -0.149. The molecule has 24 heavy (non-hydrogen) atoms. The van der Waals surface area contributed by atoms with Crippen LogP contribution in [-0.2, 0) is 6.42 Å². The first-order valence-corrected chi connectivity index (χ1v) is 9.09. The van der Waals surface area contributed by atoms with Crippen LogP contribution in [0, 0.1) is 0 Å². The third-order valence-corrected chi connectivity index (χ3v) is 4.43. The molecule has 3 rings (SSSR count). The first-order valence-electron chi connectivity index (χ1n) is 9.09. The van der Waals surface area contributed by atoms with Crippen molar-refractivity contribution in [1.82, 2.24) is 0 Å². The zero-order valence-electron chi connectivity index (χ0n) is 15.3. The lowest BCUT2D eigenvalue weighted by molar-refractivity contribution is 0.0851. The molecule has 2 aromatic carbocycles. The molecule has 0 aliphatic carbocycles. The van der Waals surface area contributed by atoms with Gasteiger partial charge in [0.1, 0.15) is 11.4 Å². The van der Waals surface area contributed by atoms with Crippen LogP contribution in [-0.4, -0.2) is 18.8 Å². The Kier molecular flexibility index (Phi) is 4.88. The van der Waals surface area contributed by atoms with E-state index in [1.807, 2.05) is 6.07 Å². The first kappa shape index (κ1) is 16.9. The van der Waals surface area contributed by atoms with Crippen LogP contribution in [0.3, 0.4) is 0 Å². The molecule has 0 aromatic heterocycles. The van der Waals surface area contributed by atoms with Crippen LogP contribution in [0.5, 0.6) is 17.2 Å². The lowest BCUT2D eigenvalue weighted by Gasteiger charge is -2.35. The SMILES string of the molecule is CCCOc1c2c(c3ccccc3c1OCCC)OC(C)(C)CC2. The summed E-state index contributed by atoms with van der Waals surface area (Å²) in [5.41, 5.74) is 1.01. The number of benzene rings is 2. The van der Waals surface area contributed by atoms with E-state index >= 15 is 0 Å². The molecule has 0 unspecified atom stereocenters. The van der Waals surface area contributed by atoms with E-state index in [0.29, 0.717) is 13.2 Å². The number of fused-ring (bicyclic) bond motifs is 3. The van der Waals surface area contributed by atoms with Gasteiger partial charge in [-0.15, -0.1) is 0 Å². The molecule has 1 aliphatic heterocycles. The fourth-order valence-electron chi connectivity index (χ4n) is 3.21. The molecule has 0 N–H and O–H groups in total. The molecule has 130 valence electrons. The number of hydrogen-bond donors (Lipinski definition) is 0. The molecule has 1 heterocycles. The third kappa shape index (κ3) is 3.17. The zero-order chi connectivity index (χ0) is 17.2. The molecule has 1 aliphatic rings. The van der Waals surface area contributed by atoms with Crippen LogP contribution in [0.2, 0.25) is 0 Å². The van der Waals surface area contributed by atoms with Gasteiger partial charge in [-0.25, -0.2) is 0 Å². The van der Waals surface area contributed by atoms with Gasteiger partial charge in [0.05, 0.1) is 13.2 Å². The highest BCUT2D eigenvalue weighted by Crippen LogP contribution is 2.50. The van der Waals surface area contributed by atoms with E-state index in [4.69, 9.17) is 14.2 Å². The molecule has 0 saturated carbocycles. The quantitative estimate of drug-likeness (QED) is 0.698. The molecule has 0 spiro atoms. The van der Waals surface area contributed by atoms with Crippen molar-refractivity contribution in [2.24, 2.45) is 0 Å². The van der Waals surface area contributed by atoms with Gasteiger partial charge in [0.2, 0.25) is 0 Å². The summed E-state index contributed by atoms with van der Waals surface area (Å²) in [6.45, 7) is 9.93. The van der Waals surface area contributed by atoms with E-state index in [0.717, 1.165) is 59.3 Å². The summed E-state index contributed by atoms with van der Waals surface area (Å²) in [5, 5.41) is 2.20. The van der Waals surface area contributed by atoms with Crippen molar-refractivity contribution in [2.45, 2.75) is 59.0 Å². The topological polar surface area (TPSA) is 27.7 Å². The standard InChI is InChI=1S/C21H28O3/c1-5-13-22-19-16-10-8-7-9-15(16)18-17(20(19)23-14-6-2)11-12-21(3,4)24-18/h7-10H,5-6,11-14H2,1-4H3. The highest BCUT2D eigenvalue weighted by atomic mass is 16.5. The highest BCUT2D eigenvalue weighted by Gasteiger charge is 2.32. The normalized spacial score (nSPS) is 15.7. The lowest BCUT2D eigenvalue weighted by atomic mass is 9.91. The van der Waals surface area contributed by atoms with Crippen molar-refractivity contribution >= 4 is 10.8 Å². The molecule has 2 aromatic rings. The van der Waals surface area contributed by atoms with Gasteiger partial charge in [-0.2, -0.15) is 0 Å². The number of rotatable bonds is 6.